The fourth-order valence-electron chi connectivity index (χ4n) is 3.08. The fraction of sp³-hybridized carbons (Fsp3) is 0.368. The van der Waals surface area contributed by atoms with E-state index in [9.17, 15) is 4.79 Å². The highest BCUT2D eigenvalue weighted by Crippen LogP contribution is 2.26. The maximum Gasteiger partial charge on any atom is 0.239 e. The largest absolute Gasteiger partial charge is 0.458 e. The number of aryl methyl sites for hydroxylation is 1. The molecule has 4 rings (SSSR count). The van der Waals surface area contributed by atoms with Gasteiger partial charge in [0.15, 0.2) is 11.6 Å². The van der Waals surface area contributed by atoms with Crippen LogP contribution in [0, 0.1) is 6.92 Å². The third kappa shape index (κ3) is 4.61. The predicted molar refractivity (Wildman–Crippen MR) is 108 cm³/mol. The summed E-state index contributed by atoms with van der Waals surface area (Å²) in [4.78, 5) is 28.1. The van der Waals surface area contributed by atoms with Crippen LogP contribution in [-0.4, -0.2) is 58.5 Å². The van der Waals surface area contributed by atoms with E-state index in [2.05, 4.69) is 30.5 Å². The number of thiazole rings is 1. The molecule has 28 heavy (non-hydrogen) atoms. The van der Waals surface area contributed by atoms with Crippen LogP contribution in [0.3, 0.4) is 0 Å². The molecule has 9 heteroatoms. The molecule has 3 aromatic heterocycles. The van der Waals surface area contributed by atoms with Crippen LogP contribution < -0.4 is 10.6 Å². The first kappa shape index (κ1) is 18.7. The highest BCUT2D eigenvalue weighted by molar-refractivity contribution is 7.13. The molecule has 1 aliphatic rings. The lowest BCUT2D eigenvalue weighted by molar-refractivity contribution is -0.117. The van der Waals surface area contributed by atoms with Crippen molar-refractivity contribution in [3.05, 3.63) is 35.5 Å². The van der Waals surface area contributed by atoms with Crippen molar-refractivity contribution in [2.24, 2.45) is 0 Å². The second kappa shape index (κ2) is 8.59. The van der Waals surface area contributed by atoms with E-state index in [4.69, 9.17) is 4.42 Å². The van der Waals surface area contributed by atoms with Crippen molar-refractivity contribution in [3.63, 3.8) is 0 Å². The third-order valence-corrected chi connectivity index (χ3v) is 5.20. The van der Waals surface area contributed by atoms with Crippen molar-refractivity contribution in [2.75, 3.05) is 38.0 Å². The van der Waals surface area contributed by atoms with E-state index in [1.165, 1.54) is 11.3 Å². The first-order valence-corrected chi connectivity index (χ1v) is 10.1. The molecule has 0 unspecified atom stereocenters. The van der Waals surface area contributed by atoms with Crippen LogP contribution in [0.1, 0.15) is 12.2 Å². The number of rotatable bonds is 5. The van der Waals surface area contributed by atoms with Gasteiger partial charge in [-0.05, 0) is 38.6 Å². The number of hydrogen-bond donors (Lipinski definition) is 2. The average molecular weight is 398 g/mol. The zero-order chi connectivity index (χ0) is 19.3. The van der Waals surface area contributed by atoms with Crippen LogP contribution in [0.5, 0.6) is 0 Å². The summed E-state index contributed by atoms with van der Waals surface area (Å²) in [7, 11) is 0. The molecule has 0 saturated carbocycles. The molecule has 0 atom stereocenters. The number of nitrogens with one attached hydrogen (secondary N) is 2. The molecule has 3 aromatic rings. The van der Waals surface area contributed by atoms with Gasteiger partial charge in [-0.1, -0.05) is 0 Å². The molecule has 146 valence electrons. The molecule has 0 aromatic carbocycles. The zero-order valence-electron chi connectivity index (χ0n) is 15.6. The lowest BCUT2D eigenvalue weighted by Gasteiger charge is -2.18. The normalized spacial score (nSPS) is 15.3. The predicted octanol–water partition coefficient (Wildman–Crippen LogP) is 2.40. The summed E-state index contributed by atoms with van der Waals surface area (Å²) in [5.74, 6) is 2.12. The molecule has 0 radical (unpaired) electrons. The van der Waals surface area contributed by atoms with E-state index >= 15 is 0 Å². The highest BCUT2D eigenvalue weighted by atomic mass is 32.1. The van der Waals surface area contributed by atoms with Crippen molar-refractivity contribution in [3.8, 4) is 22.3 Å². The molecule has 1 fully saturated rings. The summed E-state index contributed by atoms with van der Waals surface area (Å²) in [5.41, 5.74) is 0.656. The standard InChI is InChI=1S/C19H22N6O2S/c1-13-3-4-15(27-13)18-22-14(19-21-7-10-28-19)11-16(24-18)23-17(26)12-25-8-2-5-20-6-9-25/h3-4,7,10-11,20H,2,5-6,8-9,12H2,1H3,(H,22,23,24,26). The Hall–Kier alpha value is -2.62. The molecule has 0 bridgehead atoms. The maximum absolute atomic E-state index is 12.6. The lowest BCUT2D eigenvalue weighted by atomic mass is 10.3. The minimum Gasteiger partial charge on any atom is -0.458 e. The van der Waals surface area contributed by atoms with Gasteiger partial charge < -0.3 is 15.1 Å². The first-order valence-electron chi connectivity index (χ1n) is 9.26. The number of anilines is 1. The van der Waals surface area contributed by atoms with Crippen molar-refractivity contribution < 1.29 is 9.21 Å². The summed E-state index contributed by atoms with van der Waals surface area (Å²) in [6.45, 7) is 5.87. The van der Waals surface area contributed by atoms with Crippen molar-refractivity contribution in [2.45, 2.75) is 13.3 Å². The van der Waals surface area contributed by atoms with Crippen molar-refractivity contribution in [1.29, 1.82) is 0 Å². The Kier molecular flexibility index (Phi) is 5.75. The number of aromatic nitrogens is 3. The van der Waals surface area contributed by atoms with Crippen LogP contribution in [0.25, 0.3) is 22.3 Å². The molecular weight excluding hydrogens is 376 g/mol. The number of amides is 1. The van der Waals surface area contributed by atoms with Crippen molar-refractivity contribution >= 4 is 23.1 Å². The minimum atomic E-state index is -0.0905. The minimum absolute atomic E-state index is 0.0905. The lowest BCUT2D eigenvalue weighted by Crippen LogP contribution is -2.35. The van der Waals surface area contributed by atoms with Crippen LogP contribution in [0.15, 0.2) is 34.2 Å². The topological polar surface area (TPSA) is 96.2 Å². The summed E-state index contributed by atoms with van der Waals surface area (Å²) in [6, 6.07) is 5.44. The van der Waals surface area contributed by atoms with E-state index in [0.717, 1.165) is 43.4 Å². The molecule has 1 aliphatic heterocycles. The van der Waals surface area contributed by atoms with Gasteiger partial charge in [0, 0.05) is 30.7 Å². The Bertz CT molecular complexity index is 932. The van der Waals surface area contributed by atoms with E-state index in [1.807, 2.05) is 24.4 Å². The van der Waals surface area contributed by atoms with Gasteiger partial charge in [0.25, 0.3) is 0 Å². The molecule has 0 spiro atoms. The summed E-state index contributed by atoms with van der Waals surface area (Å²) >= 11 is 1.48. The monoisotopic (exact) mass is 398 g/mol. The van der Waals surface area contributed by atoms with Crippen LogP contribution >= 0.6 is 11.3 Å². The van der Waals surface area contributed by atoms with E-state index in [0.29, 0.717) is 29.6 Å². The number of hydrogen-bond acceptors (Lipinski definition) is 8. The fourth-order valence-corrected chi connectivity index (χ4v) is 3.68. The highest BCUT2D eigenvalue weighted by Gasteiger charge is 2.16. The van der Waals surface area contributed by atoms with Crippen LogP contribution in [0.4, 0.5) is 5.82 Å². The SMILES string of the molecule is Cc1ccc(-c2nc(NC(=O)CN3CCCNCC3)cc(-c3nccs3)n2)o1. The van der Waals surface area contributed by atoms with E-state index < -0.39 is 0 Å². The van der Waals surface area contributed by atoms with Gasteiger partial charge in [-0.3, -0.25) is 9.69 Å². The second-order valence-corrected chi connectivity index (χ2v) is 7.53. The smallest absolute Gasteiger partial charge is 0.239 e. The molecule has 1 saturated heterocycles. The van der Waals surface area contributed by atoms with Gasteiger partial charge >= 0.3 is 0 Å². The molecule has 4 heterocycles. The second-order valence-electron chi connectivity index (χ2n) is 6.64. The van der Waals surface area contributed by atoms with Gasteiger partial charge in [-0.2, -0.15) is 0 Å². The van der Waals surface area contributed by atoms with Gasteiger partial charge in [0.2, 0.25) is 5.91 Å². The zero-order valence-corrected chi connectivity index (χ0v) is 16.5. The summed E-state index contributed by atoms with van der Waals surface area (Å²) in [6.07, 6.45) is 2.77. The molecule has 8 nitrogen and oxygen atoms in total. The Morgan fingerprint density at radius 3 is 3.04 bits per heavy atom. The average Bonchev–Trinajstić information content (AvgIpc) is 3.30. The van der Waals surface area contributed by atoms with Crippen molar-refractivity contribution in [1.82, 2.24) is 25.2 Å². The maximum atomic E-state index is 12.6. The summed E-state index contributed by atoms with van der Waals surface area (Å²) in [5, 5.41) is 8.91. The molecule has 2 N–H and O–H groups in total. The van der Waals surface area contributed by atoms with Gasteiger partial charge in [0.1, 0.15) is 22.3 Å². The Balaban J connectivity index is 1.56. The number of carbonyl (C=O) groups is 1. The number of carbonyl (C=O) groups excluding carboxylic acids is 1. The van der Waals surface area contributed by atoms with Crippen LogP contribution in [0.2, 0.25) is 0 Å². The molecular formula is C19H22N6O2S. The Labute approximate surface area is 167 Å². The Morgan fingerprint density at radius 1 is 1.32 bits per heavy atom. The van der Waals surface area contributed by atoms with Crippen LogP contribution in [-0.2, 0) is 4.79 Å². The molecule has 1 amide bonds. The third-order valence-electron chi connectivity index (χ3n) is 4.41. The van der Waals surface area contributed by atoms with Gasteiger partial charge in [-0.15, -0.1) is 11.3 Å². The van der Waals surface area contributed by atoms with Gasteiger partial charge in [0.05, 0.1) is 6.54 Å². The van der Waals surface area contributed by atoms with E-state index in [-0.39, 0.29) is 5.91 Å². The Morgan fingerprint density at radius 2 is 2.25 bits per heavy atom. The van der Waals surface area contributed by atoms with E-state index in [1.54, 1.807) is 12.3 Å². The molecule has 0 aliphatic carbocycles. The number of nitrogens with zero attached hydrogens (tertiary/aromatic N) is 4. The first-order chi connectivity index (χ1) is 13.7. The quantitative estimate of drug-likeness (QED) is 0.681. The summed E-state index contributed by atoms with van der Waals surface area (Å²) < 4.78 is 5.67. The number of furan rings is 1. The van der Waals surface area contributed by atoms with Gasteiger partial charge in [-0.25, -0.2) is 15.0 Å².